The first-order chi connectivity index (χ1) is 9.83. The van der Waals surface area contributed by atoms with Crippen molar-refractivity contribution in [3.8, 4) is 17.0 Å². The minimum absolute atomic E-state index is 0.251. The number of phenolic OH excluding ortho intramolecular Hbond substituents is 1. The van der Waals surface area contributed by atoms with Gasteiger partial charge in [-0.05, 0) is 29.0 Å². The molecule has 3 nitrogen and oxygen atoms in total. The van der Waals surface area contributed by atoms with Gasteiger partial charge in [0.1, 0.15) is 5.75 Å². The second-order valence-electron chi connectivity index (χ2n) is 4.81. The summed E-state index contributed by atoms with van der Waals surface area (Å²) in [4.78, 5) is 4.45. The van der Waals surface area contributed by atoms with Gasteiger partial charge in [-0.2, -0.15) is 0 Å². The quantitative estimate of drug-likeness (QED) is 0.564. The molecule has 96 valence electrons. The van der Waals surface area contributed by atoms with E-state index in [1.807, 2.05) is 34.7 Å². The molecule has 4 rings (SSSR count). The number of rotatable bonds is 1. The standard InChI is InChI=1S/C17H12N2O/c20-16-8-4-3-7-14(16)17-15-9-12-5-1-2-6-13(12)10-19(15)11-18-17/h1-11,20H. The van der Waals surface area contributed by atoms with Crippen LogP contribution >= 0.6 is 0 Å². The molecule has 0 fully saturated rings. The Kier molecular flexibility index (Phi) is 2.27. The summed E-state index contributed by atoms with van der Waals surface area (Å²) in [5.74, 6) is 0.251. The summed E-state index contributed by atoms with van der Waals surface area (Å²) in [6, 6.07) is 17.6. The van der Waals surface area contributed by atoms with Gasteiger partial charge in [0.2, 0.25) is 0 Å². The number of benzene rings is 2. The number of hydrogen-bond donors (Lipinski definition) is 1. The number of hydrogen-bond acceptors (Lipinski definition) is 2. The zero-order valence-electron chi connectivity index (χ0n) is 10.7. The van der Waals surface area contributed by atoms with Crippen LogP contribution in [0.5, 0.6) is 5.75 Å². The Balaban J connectivity index is 2.06. The normalized spacial score (nSPS) is 11.2. The topological polar surface area (TPSA) is 37.5 Å². The number of pyridine rings is 1. The van der Waals surface area contributed by atoms with Crippen molar-refractivity contribution in [3.63, 3.8) is 0 Å². The molecular weight excluding hydrogens is 248 g/mol. The smallest absolute Gasteiger partial charge is 0.125 e. The van der Waals surface area contributed by atoms with Gasteiger partial charge in [0.15, 0.2) is 0 Å². The summed E-state index contributed by atoms with van der Waals surface area (Å²) in [6.45, 7) is 0. The number of nitrogens with zero attached hydrogens (tertiary/aromatic N) is 2. The molecular formula is C17H12N2O. The van der Waals surface area contributed by atoms with E-state index in [0.717, 1.165) is 22.2 Å². The fraction of sp³-hybridized carbons (Fsp3) is 0. The highest BCUT2D eigenvalue weighted by atomic mass is 16.3. The van der Waals surface area contributed by atoms with Crippen molar-refractivity contribution in [3.05, 3.63) is 67.1 Å². The van der Waals surface area contributed by atoms with Gasteiger partial charge in [0.25, 0.3) is 0 Å². The van der Waals surface area contributed by atoms with Gasteiger partial charge >= 0.3 is 0 Å². The Labute approximate surface area is 115 Å². The minimum Gasteiger partial charge on any atom is -0.507 e. The van der Waals surface area contributed by atoms with Gasteiger partial charge in [0, 0.05) is 11.8 Å². The number of phenols is 1. The molecule has 4 aromatic rings. The third kappa shape index (κ3) is 1.57. The summed E-state index contributed by atoms with van der Waals surface area (Å²) < 4.78 is 1.99. The fourth-order valence-electron chi connectivity index (χ4n) is 2.55. The van der Waals surface area contributed by atoms with Crippen LogP contribution in [-0.2, 0) is 0 Å². The number of aromatic hydroxyl groups is 1. The van der Waals surface area contributed by atoms with E-state index in [9.17, 15) is 5.11 Å². The summed E-state index contributed by atoms with van der Waals surface area (Å²) in [7, 11) is 0. The maximum atomic E-state index is 10.0. The summed E-state index contributed by atoms with van der Waals surface area (Å²) in [6.07, 6.45) is 3.84. The van der Waals surface area contributed by atoms with Crippen LogP contribution in [0.2, 0.25) is 0 Å². The lowest BCUT2D eigenvalue weighted by atomic mass is 10.1. The third-order valence-electron chi connectivity index (χ3n) is 3.56. The molecule has 2 heterocycles. The lowest BCUT2D eigenvalue weighted by Gasteiger charge is -2.03. The van der Waals surface area contributed by atoms with Crippen molar-refractivity contribution >= 4 is 16.3 Å². The molecule has 0 bridgehead atoms. The predicted octanol–water partition coefficient (Wildman–Crippen LogP) is 3.86. The van der Waals surface area contributed by atoms with E-state index in [2.05, 4.69) is 29.4 Å². The first-order valence-electron chi connectivity index (χ1n) is 6.47. The van der Waals surface area contributed by atoms with Crippen LogP contribution in [-0.4, -0.2) is 14.5 Å². The van der Waals surface area contributed by atoms with Crippen molar-refractivity contribution in [2.45, 2.75) is 0 Å². The predicted molar refractivity (Wildman–Crippen MR) is 79.8 cm³/mol. The lowest BCUT2D eigenvalue weighted by molar-refractivity contribution is 0.477. The van der Waals surface area contributed by atoms with Crippen LogP contribution < -0.4 is 0 Å². The van der Waals surface area contributed by atoms with Crippen LogP contribution in [0.15, 0.2) is 67.1 Å². The number of imidazole rings is 1. The highest BCUT2D eigenvalue weighted by molar-refractivity contribution is 5.90. The van der Waals surface area contributed by atoms with E-state index in [-0.39, 0.29) is 5.75 Å². The number of fused-ring (bicyclic) bond motifs is 2. The minimum atomic E-state index is 0.251. The summed E-state index contributed by atoms with van der Waals surface area (Å²) in [5, 5.41) is 12.3. The molecule has 3 heteroatoms. The molecule has 0 saturated heterocycles. The van der Waals surface area contributed by atoms with E-state index in [0.29, 0.717) is 0 Å². The van der Waals surface area contributed by atoms with Gasteiger partial charge in [-0.3, -0.25) is 0 Å². The Morgan fingerprint density at radius 1 is 0.900 bits per heavy atom. The van der Waals surface area contributed by atoms with E-state index in [1.165, 1.54) is 5.39 Å². The Morgan fingerprint density at radius 2 is 1.65 bits per heavy atom. The molecule has 0 saturated carbocycles. The molecule has 0 atom stereocenters. The van der Waals surface area contributed by atoms with E-state index >= 15 is 0 Å². The summed E-state index contributed by atoms with van der Waals surface area (Å²) in [5.41, 5.74) is 2.55. The highest BCUT2D eigenvalue weighted by Crippen LogP contribution is 2.31. The maximum Gasteiger partial charge on any atom is 0.125 e. The van der Waals surface area contributed by atoms with Crippen LogP contribution in [0.25, 0.3) is 27.5 Å². The molecule has 0 unspecified atom stereocenters. The first-order valence-corrected chi connectivity index (χ1v) is 6.47. The van der Waals surface area contributed by atoms with E-state index in [4.69, 9.17) is 0 Å². The average Bonchev–Trinajstić information content (AvgIpc) is 2.88. The zero-order valence-corrected chi connectivity index (χ0v) is 10.7. The van der Waals surface area contributed by atoms with E-state index < -0.39 is 0 Å². The van der Waals surface area contributed by atoms with E-state index in [1.54, 1.807) is 12.4 Å². The number of aromatic nitrogens is 2. The molecule has 0 radical (unpaired) electrons. The SMILES string of the molecule is Oc1ccccc1-c1ncn2cc3ccccc3cc12. The largest absolute Gasteiger partial charge is 0.507 e. The molecule has 0 spiro atoms. The Bertz CT molecular complexity index is 924. The van der Waals surface area contributed by atoms with Gasteiger partial charge in [0.05, 0.1) is 17.5 Å². The number of para-hydroxylation sites is 1. The van der Waals surface area contributed by atoms with Crippen LogP contribution in [0, 0.1) is 0 Å². The van der Waals surface area contributed by atoms with Crippen LogP contribution in [0.3, 0.4) is 0 Å². The van der Waals surface area contributed by atoms with Gasteiger partial charge < -0.3 is 9.51 Å². The van der Waals surface area contributed by atoms with Gasteiger partial charge in [-0.1, -0.05) is 36.4 Å². The van der Waals surface area contributed by atoms with Crippen molar-refractivity contribution in [1.29, 1.82) is 0 Å². The molecule has 0 aliphatic heterocycles. The van der Waals surface area contributed by atoms with Gasteiger partial charge in [-0.15, -0.1) is 0 Å². The van der Waals surface area contributed by atoms with Crippen LogP contribution in [0.4, 0.5) is 0 Å². The molecule has 0 aliphatic rings. The van der Waals surface area contributed by atoms with Crippen LogP contribution in [0.1, 0.15) is 0 Å². The molecule has 2 aromatic carbocycles. The monoisotopic (exact) mass is 260 g/mol. The fourth-order valence-corrected chi connectivity index (χ4v) is 2.55. The first kappa shape index (κ1) is 11.1. The van der Waals surface area contributed by atoms with Crippen molar-refractivity contribution < 1.29 is 5.11 Å². The zero-order chi connectivity index (χ0) is 13.5. The molecule has 0 aliphatic carbocycles. The van der Waals surface area contributed by atoms with Crippen molar-refractivity contribution in [1.82, 2.24) is 9.38 Å². The second-order valence-corrected chi connectivity index (χ2v) is 4.81. The molecule has 0 amide bonds. The highest BCUT2D eigenvalue weighted by Gasteiger charge is 2.11. The Hall–Kier alpha value is -2.81. The third-order valence-corrected chi connectivity index (χ3v) is 3.56. The van der Waals surface area contributed by atoms with Crippen molar-refractivity contribution in [2.24, 2.45) is 0 Å². The maximum absolute atomic E-state index is 10.0. The second kappa shape index (κ2) is 4.10. The molecule has 2 aromatic heterocycles. The lowest BCUT2D eigenvalue weighted by Crippen LogP contribution is -1.84. The average molecular weight is 260 g/mol. The van der Waals surface area contributed by atoms with Crippen molar-refractivity contribution in [2.75, 3.05) is 0 Å². The molecule has 20 heavy (non-hydrogen) atoms. The Morgan fingerprint density at radius 3 is 2.50 bits per heavy atom. The van der Waals surface area contributed by atoms with Gasteiger partial charge in [-0.25, -0.2) is 4.98 Å². The summed E-state index contributed by atoms with van der Waals surface area (Å²) >= 11 is 0. The molecule has 1 N–H and O–H groups in total.